The van der Waals surface area contributed by atoms with Crippen LogP contribution in [-0.4, -0.2) is 30.4 Å². The zero-order valence-electron chi connectivity index (χ0n) is 21.1. The number of nitrogens with one attached hydrogen (secondary N) is 3. The molecule has 0 atom stereocenters. The van der Waals surface area contributed by atoms with E-state index in [1.807, 2.05) is 25.1 Å². The predicted octanol–water partition coefficient (Wildman–Crippen LogP) is 5.99. The first-order valence-electron chi connectivity index (χ1n) is 12.1. The van der Waals surface area contributed by atoms with Gasteiger partial charge in [0.25, 0.3) is 5.91 Å². The number of aryl methyl sites for hydroxylation is 1. The van der Waals surface area contributed by atoms with Crippen LogP contribution in [0.2, 0.25) is 0 Å². The number of hydrogen-bond acceptors (Lipinski definition) is 7. The Hall–Kier alpha value is -5.26. The van der Waals surface area contributed by atoms with Crippen LogP contribution in [0.3, 0.4) is 0 Å². The second-order valence-corrected chi connectivity index (χ2v) is 8.74. The van der Waals surface area contributed by atoms with Crippen molar-refractivity contribution in [2.24, 2.45) is 0 Å². The molecule has 40 heavy (non-hydrogen) atoms. The highest BCUT2D eigenvalue weighted by Crippen LogP contribution is 2.30. The number of aromatic nitrogens is 5. The molecule has 3 aromatic heterocycles. The van der Waals surface area contributed by atoms with Crippen molar-refractivity contribution in [2.75, 3.05) is 16.0 Å². The van der Waals surface area contributed by atoms with Crippen LogP contribution in [0.5, 0.6) is 0 Å². The standard InChI is InChI=1S/C28H23F3N8O/c1-18-8-9-21(37-26(40)19-5-4-6-20(13-19)28(29,30)31)14-23(18)38-27-33-11-12-39(27)25-15-24(35-17-36-25)34-16-22-7-2-3-10-32-22/h2-15,17H,16H2,1H3,(H,33,38)(H,37,40)(H,34,35,36). The molecule has 9 nitrogen and oxygen atoms in total. The van der Waals surface area contributed by atoms with Crippen molar-refractivity contribution in [3.8, 4) is 5.82 Å². The van der Waals surface area contributed by atoms with Crippen molar-refractivity contribution in [2.45, 2.75) is 19.6 Å². The Morgan fingerprint density at radius 1 is 0.925 bits per heavy atom. The van der Waals surface area contributed by atoms with E-state index in [0.29, 0.717) is 35.5 Å². The summed E-state index contributed by atoms with van der Waals surface area (Å²) in [6, 6.07) is 16.8. The number of halogens is 3. The van der Waals surface area contributed by atoms with Crippen LogP contribution < -0.4 is 16.0 Å². The third-order valence-corrected chi connectivity index (χ3v) is 5.91. The van der Waals surface area contributed by atoms with Gasteiger partial charge in [0.1, 0.15) is 18.0 Å². The van der Waals surface area contributed by atoms with Gasteiger partial charge in [0.05, 0.1) is 17.8 Å². The minimum absolute atomic E-state index is 0.100. The van der Waals surface area contributed by atoms with E-state index in [1.165, 1.54) is 18.5 Å². The van der Waals surface area contributed by atoms with E-state index in [-0.39, 0.29) is 5.56 Å². The molecule has 0 spiro atoms. The molecule has 0 unspecified atom stereocenters. The zero-order valence-corrected chi connectivity index (χ0v) is 21.1. The number of benzene rings is 2. The SMILES string of the molecule is Cc1ccc(NC(=O)c2cccc(C(F)(F)F)c2)cc1Nc1nccn1-c1cc(NCc2ccccn2)ncn1. The fourth-order valence-electron chi connectivity index (χ4n) is 3.83. The Kier molecular flexibility index (Phi) is 7.40. The second-order valence-electron chi connectivity index (χ2n) is 8.74. The van der Waals surface area contributed by atoms with Gasteiger partial charge in [-0.25, -0.2) is 15.0 Å². The third-order valence-electron chi connectivity index (χ3n) is 5.91. The molecular weight excluding hydrogens is 521 g/mol. The number of imidazole rings is 1. The second kappa shape index (κ2) is 11.2. The predicted molar refractivity (Wildman–Crippen MR) is 145 cm³/mol. The largest absolute Gasteiger partial charge is 0.416 e. The Labute approximate surface area is 227 Å². The number of rotatable bonds is 8. The maximum atomic E-state index is 13.1. The monoisotopic (exact) mass is 544 g/mol. The van der Waals surface area contributed by atoms with E-state index in [1.54, 1.807) is 47.4 Å². The number of pyridine rings is 1. The van der Waals surface area contributed by atoms with E-state index >= 15 is 0 Å². The van der Waals surface area contributed by atoms with Gasteiger partial charge in [-0.2, -0.15) is 13.2 Å². The normalized spacial score (nSPS) is 11.2. The first-order chi connectivity index (χ1) is 19.3. The van der Waals surface area contributed by atoms with E-state index in [9.17, 15) is 18.0 Å². The molecule has 0 aliphatic heterocycles. The molecule has 2 aromatic carbocycles. The van der Waals surface area contributed by atoms with Crippen molar-refractivity contribution in [1.82, 2.24) is 24.5 Å². The summed E-state index contributed by atoms with van der Waals surface area (Å²) in [5.41, 5.74) is 1.76. The van der Waals surface area contributed by atoms with Gasteiger partial charge in [-0.15, -0.1) is 0 Å². The summed E-state index contributed by atoms with van der Waals surface area (Å²) >= 11 is 0. The highest BCUT2D eigenvalue weighted by Gasteiger charge is 2.30. The first-order valence-corrected chi connectivity index (χ1v) is 12.1. The Balaban J connectivity index is 1.32. The van der Waals surface area contributed by atoms with Gasteiger partial charge in [0.15, 0.2) is 0 Å². The molecule has 0 saturated heterocycles. The lowest BCUT2D eigenvalue weighted by atomic mass is 10.1. The van der Waals surface area contributed by atoms with Gasteiger partial charge in [-0.1, -0.05) is 18.2 Å². The molecule has 0 saturated carbocycles. The van der Waals surface area contributed by atoms with Crippen LogP contribution in [0.4, 0.5) is 36.3 Å². The molecule has 3 heterocycles. The van der Waals surface area contributed by atoms with Crippen molar-refractivity contribution in [3.63, 3.8) is 0 Å². The molecule has 5 rings (SSSR count). The Bertz CT molecular complexity index is 1640. The highest BCUT2D eigenvalue weighted by atomic mass is 19.4. The van der Waals surface area contributed by atoms with Crippen LogP contribution in [0, 0.1) is 6.92 Å². The van der Waals surface area contributed by atoms with Gasteiger partial charge >= 0.3 is 6.18 Å². The molecule has 202 valence electrons. The fourth-order valence-corrected chi connectivity index (χ4v) is 3.83. The smallest absolute Gasteiger partial charge is 0.364 e. The average Bonchev–Trinajstić information content (AvgIpc) is 3.42. The van der Waals surface area contributed by atoms with E-state index in [0.717, 1.165) is 23.4 Å². The van der Waals surface area contributed by atoms with Crippen LogP contribution in [0.25, 0.3) is 5.82 Å². The van der Waals surface area contributed by atoms with E-state index in [4.69, 9.17) is 0 Å². The average molecular weight is 545 g/mol. The Morgan fingerprint density at radius 3 is 2.60 bits per heavy atom. The molecule has 3 N–H and O–H groups in total. The van der Waals surface area contributed by atoms with E-state index in [2.05, 4.69) is 35.9 Å². The molecule has 1 amide bonds. The van der Waals surface area contributed by atoms with Crippen LogP contribution in [-0.2, 0) is 12.7 Å². The number of hydrogen-bond donors (Lipinski definition) is 3. The van der Waals surface area contributed by atoms with Gasteiger partial charge in [0.2, 0.25) is 5.95 Å². The lowest BCUT2D eigenvalue weighted by molar-refractivity contribution is -0.137. The summed E-state index contributed by atoms with van der Waals surface area (Å²) < 4.78 is 40.9. The number of carbonyl (C=O) groups is 1. The number of anilines is 4. The molecule has 0 fully saturated rings. The van der Waals surface area contributed by atoms with Crippen molar-refractivity contribution >= 4 is 29.0 Å². The van der Waals surface area contributed by atoms with Gasteiger partial charge in [-0.3, -0.25) is 14.3 Å². The van der Waals surface area contributed by atoms with Gasteiger partial charge < -0.3 is 16.0 Å². The quantitative estimate of drug-likeness (QED) is 0.220. The summed E-state index contributed by atoms with van der Waals surface area (Å²) in [6.07, 6.45) is 1.97. The number of carbonyl (C=O) groups excluding carboxylic acids is 1. The fraction of sp³-hybridized carbons (Fsp3) is 0.107. The summed E-state index contributed by atoms with van der Waals surface area (Å²) in [5, 5.41) is 9.12. The first kappa shape index (κ1) is 26.4. The number of alkyl halides is 3. The number of nitrogens with zero attached hydrogens (tertiary/aromatic N) is 5. The maximum absolute atomic E-state index is 13.1. The summed E-state index contributed by atoms with van der Waals surface area (Å²) in [7, 11) is 0. The third kappa shape index (κ3) is 6.23. The van der Waals surface area contributed by atoms with Gasteiger partial charge in [-0.05, 0) is 55.0 Å². The minimum atomic E-state index is -4.54. The molecule has 0 aliphatic rings. The molecular formula is C28H23F3N8O. The summed E-state index contributed by atoms with van der Waals surface area (Å²) in [4.78, 5) is 30.0. The maximum Gasteiger partial charge on any atom is 0.416 e. The van der Waals surface area contributed by atoms with Crippen LogP contribution in [0.15, 0.2) is 91.6 Å². The minimum Gasteiger partial charge on any atom is -0.364 e. The summed E-state index contributed by atoms with van der Waals surface area (Å²) in [5.74, 6) is 0.962. The molecule has 5 aromatic rings. The lowest BCUT2D eigenvalue weighted by Gasteiger charge is -2.14. The molecule has 0 bridgehead atoms. The van der Waals surface area contributed by atoms with Crippen molar-refractivity contribution in [3.05, 3.63) is 114 Å². The molecule has 0 aliphatic carbocycles. The summed E-state index contributed by atoms with van der Waals surface area (Å²) in [6.45, 7) is 2.36. The van der Waals surface area contributed by atoms with Crippen LogP contribution >= 0.6 is 0 Å². The highest BCUT2D eigenvalue weighted by molar-refractivity contribution is 6.04. The zero-order chi connectivity index (χ0) is 28.1. The van der Waals surface area contributed by atoms with Crippen molar-refractivity contribution < 1.29 is 18.0 Å². The van der Waals surface area contributed by atoms with Crippen LogP contribution in [0.1, 0.15) is 27.2 Å². The number of amides is 1. The molecule has 0 radical (unpaired) electrons. The van der Waals surface area contributed by atoms with Crippen molar-refractivity contribution in [1.29, 1.82) is 0 Å². The van der Waals surface area contributed by atoms with Gasteiger partial charge in [0, 0.05) is 41.6 Å². The topological polar surface area (TPSA) is 110 Å². The molecule has 12 heteroatoms. The Morgan fingerprint density at radius 2 is 1.80 bits per heavy atom. The lowest BCUT2D eigenvalue weighted by Crippen LogP contribution is -2.14. The van der Waals surface area contributed by atoms with E-state index < -0.39 is 17.6 Å².